The largest absolute Gasteiger partial charge is 0.381 e. The van der Waals surface area contributed by atoms with Gasteiger partial charge in [-0.1, -0.05) is 23.8 Å². The molecule has 1 rings (SSSR count). The molecule has 1 aromatic carbocycles. The zero-order valence-corrected chi connectivity index (χ0v) is 12.9. The summed E-state index contributed by atoms with van der Waals surface area (Å²) in [6, 6.07) is 8.59. The summed E-state index contributed by atoms with van der Waals surface area (Å²) in [6.45, 7) is 5.86. The van der Waals surface area contributed by atoms with E-state index in [9.17, 15) is 0 Å². The van der Waals surface area contributed by atoms with Crippen LogP contribution in [0.5, 0.6) is 0 Å². The average molecular weight is 280 g/mol. The summed E-state index contributed by atoms with van der Waals surface area (Å²) in [5, 5.41) is 0. The molecular weight excluding hydrogens is 256 g/mol. The predicted molar refractivity (Wildman–Crippen MR) is 82.9 cm³/mol. The van der Waals surface area contributed by atoms with Crippen LogP contribution >= 0.6 is 11.8 Å². The number of benzene rings is 1. The number of hydrogen-bond acceptors (Lipinski definition) is 3. The molecule has 0 bridgehead atoms. The summed E-state index contributed by atoms with van der Waals surface area (Å²) in [6.07, 6.45) is 4.06. The second-order valence-electron chi connectivity index (χ2n) is 4.60. The highest BCUT2D eigenvalue weighted by atomic mass is 32.2. The van der Waals surface area contributed by atoms with Crippen LogP contribution in [0.2, 0.25) is 0 Å². The highest BCUT2D eigenvalue weighted by Crippen LogP contribution is 2.22. The van der Waals surface area contributed by atoms with Crippen LogP contribution in [0, 0.1) is 6.92 Å². The van der Waals surface area contributed by atoms with Gasteiger partial charge in [-0.15, -0.1) is 18.3 Å². The molecule has 0 aliphatic heterocycles. The monoisotopic (exact) mass is 280 g/mol. The van der Waals surface area contributed by atoms with Crippen LogP contribution in [0.3, 0.4) is 0 Å². The lowest BCUT2D eigenvalue weighted by atomic mass is 10.1. The summed E-state index contributed by atoms with van der Waals surface area (Å²) >= 11 is 1.83. The van der Waals surface area contributed by atoms with Gasteiger partial charge in [-0.3, -0.25) is 0 Å². The number of ether oxygens (including phenoxy) is 2. The van der Waals surface area contributed by atoms with E-state index in [1.54, 1.807) is 14.2 Å². The van der Waals surface area contributed by atoms with Gasteiger partial charge in [0.15, 0.2) is 0 Å². The highest BCUT2D eigenvalue weighted by molar-refractivity contribution is 7.99. The third-order valence-corrected chi connectivity index (χ3v) is 4.22. The number of rotatable bonds is 9. The molecule has 2 atom stereocenters. The van der Waals surface area contributed by atoms with Gasteiger partial charge in [0.1, 0.15) is 0 Å². The molecule has 0 heterocycles. The summed E-state index contributed by atoms with van der Waals surface area (Å²) in [5.74, 6) is 0.941. The van der Waals surface area contributed by atoms with Crippen LogP contribution in [-0.4, -0.2) is 32.2 Å². The Morgan fingerprint density at radius 1 is 1.16 bits per heavy atom. The lowest BCUT2D eigenvalue weighted by Crippen LogP contribution is -2.23. The first-order valence-corrected chi connectivity index (χ1v) is 7.54. The van der Waals surface area contributed by atoms with Crippen molar-refractivity contribution in [1.82, 2.24) is 0 Å². The molecule has 0 fully saturated rings. The Morgan fingerprint density at radius 2 is 1.79 bits per heavy atom. The van der Waals surface area contributed by atoms with E-state index >= 15 is 0 Å². The van der Waals surface area contributed by atoms with Gasteiger partial charge in [0.25, 0.3) is 0 Å². The molecule has 0 aliphatic carbocycles. The topological polar surface area (TPSA) is 18.5 Å². The van der Waals surface area contributed by atoms with Crippen molar-refractivity contribution in [3.05, 3.63) is 42.5 Å². The fourth-order valence-electron chi connectivity index (χ4n) is 1.82. The van der Waals surface area contributed by atoms with E-state index in [1.165, 1.54) is 10.5 Å². The molecule has 0 N–H and O–H groups in total. The van der Waals surface area contributed by atoms with Gasteiger partial charge in [-0.2, -0.15) is 0 Å². The maximum absolute atomic E-state index is 5.54. The van der Waals surface area contributed by atoms with E-state index in [0.29, 0.717) is 0 Å². The SMILES string of the molecule is C=CC[C@H](C[C@H](CSc1ccc(C)cc1)OC)OC. The Bertz CT molecular complexity index is 362. The smallest absolute Gasteiger partial charge is 0.0690 e. The van der Waals surface area contributed by atoms with E-state index in [4.69, 9.17) is 9.47 Å². The lowest BCUT2D eigenvalue weighted by Gasteiger charge is -2.20. The van der Waals surface area contributed by atoms with Crippen molar-refractivity contribution in [2.45, 2.75) is 36.9 Å². The molecule has 0 amide bonds. The van der Waals surface area contributed by atoms with Gasteiger partial charge in [-0.25, -0.2) is 0 Å². The highest BCUT2D eigenvalue weighted by Gasteiger charge is 2.15. The van der Waals surface area contributed by atoms with Gasteiger partial charge in [0.2, 0.25) is 0 Å². The summed E-state index contributed by atoms with van der Waals surface area (Å²) < 4.78 is 11.0. The van der Waals surface area contributed by atoms with Gasteiger partial charge in [0.05, 0.1) is 12.2 Å². The molecule has 0 unspecified atom stereocenters. The van der Waals surface area contributed by atoms with Crippen LogP contribution in [0.25, 0.3) is 0 Å². The van der Waals surface area contributed by atoms with E-state index in [-0.39, 0.29) is 12.2 Å². The van der Waals surface area contributed by atoms with Crippen molar-refractivity contribution >= 4 is 11.8 Å². The Hall–Kier alpha value is -0.770. The summed E-state index contributed by atoms with van der Waals surface area (Å²) in [7, 11) is 3.51. The minimum Gasteiger partial charge on any atom is -0.381 e. The molecule has 19 heavy (non-hydrogen) atoms. The number of methoxy groups -OCH3 is 2. The van der Waals surface area contributed by atoms with E-state index in [0.717, 1.165) is 18.6 Å². The van der Waals surface area contributed by atoms with Crippen LogP contribution < -0.4 is 0 Å². The summed E-state index contributed by atoms with van der Waals surface area (Å²) in [5.41, 5.74) is 1.29. The second kappa shape index (κ2) is 9.18. The Morgan fingerprint density at radius 3 is 2.32 bits per heavy atom. The van der Waals surface area contributed by atoms with E-state index < -0.39 is 0 Å². The molecule has 106 valence electrons. The lowest BCUT2D eigenvalue weighted by molar-refractivity contribution is 0.0343. The first-order chi connectivity index (χ1) is 9.19. The Balaban J connectivity index is 2.43. The van der Waals surface area contributed by atoms with Crippen LogP contribution in [-0.2, 0) is 9.47 Å². The third kappa shape index (κ3) is 6.28. The minimum atomic E-state index is 0.195. The normalized spacial score (nSPS) is 14.1. The van der Waals surface area contributed by atoms with Crippen LogP contribution in [0.1, 0.15) is 18.4 Å². The minimum absolute atomic E-state index is 0.195. The summed E-state index contributed by atoms with van der Waals surface area (Å²) in [4.78, 5) is 1.28. The van der Waals surface area contributed by atoms with E-state index in [1.807, 2.05) is 17.8 Å². The first-order valence-electron chi connectivity index (χ1n) is 6.55. The first kappa shape index (κ1) is 16.3. The average Bonchev–Trinajstić information content (AvgIpc) is 2.44. The fourth-order valence-corrected chi connectivity index (χ4v) is 2.80. The molecule has 0 aliphatic rings. The van der Waals surface area contributed by atoms with Gasteiger partial charge in [0, 0.05) is 31.3 Å². The Labute approximate surface area is 121 Å². The van der Waals surface area contributed by atoms with Crippen molar-refractivity contribution in [3.63, 3.8) is 0 Å². The van der Waals surface area contributed by atoms with Crippen molar-refractivity contribution in [1.29, 1.82) is 0 Å². The van der Waals surface area contributed by atoms with Crippen LogP contribution in [0.15, 0.2) is 41.8 Å². The quantitative estimate of drug-likeness (QED) is 0.501. The van der Waals surface area contributed by atoms with Gasteiger partial charge >= 0.3 is 0 Å². The zero-order valence-electron chi connectivity index (χ0n) is 12.1. The van der Waals surface area contributed by atoms with Gasteiger partial charge < -0.3 is 9.47 Å². The van der Waals surface area contributed by atoms with Crippen molar-refractivity contribution in [3.8, 4) is 0 Å². The maximum Gasteiger partial charge on any atom is 0.0690 e. The molecule has 0 spiro atoms. The molecule has 0 saturated carbocycles. The number of thioether (sulfide) groups is 1. The number of hydrogen-bond donors (Lipinski definition) is 0. The van der Waals surface area contributed by atoms with Crippen molar-refractivity contribution in [2.75, 3.05) is 20.0 Å². The molecule has 0 radical (unpaired) electrons. The van der Waals surface area contributed by atoms with Crippen LogP contribution in [0.4, 0.5) is 0 Å². The predicted octanol–water partition coefficient (Wildman–Crippen LogP) is 4.08. The molecule has 0 saturated heterocycles. The molecule has 3 heteroatoms. The third-order valence-electron chi connectivity index (χ3n) is 3.08. The molecular formula is C16H24O2S. The molecule has 2 nitrogen and oxygen atoms in total. The van der Waals surface area contributed by atoms with Crippen molar-refractivity contribution < 1.29 is 9.47 Å². The molecule has 0 aromatic heterocycles. The zero-order chi connectivity index (χ0) is 14.1. The standard InChI is InChI=1S/C16H24O2S/c1-5-6-14(17-3)11-15(18-4)12-19-16-9-7-13(2)8-10-16/h5,7-10,14-15H,1,6,11-12H2,2-4H3/t14-,15-/m1/s1. The maximum atomic E-state index is 5.54. The number of aryl methyl sites for hydroxylation is 1. The van der Waals surface area contributed by atoms with Crippen molar-refractivity contribution in [2.24, 2.45) is 0 Å². The van der Waals surface area contributed by atoms with E-state index in [2.05, 4.69) is 37.8 Å². The fraction of sp³-hybridized carbons (Fsp3) is 0.500. The molecule has 1 aromatic rings. The van der Waals surface area contributed by atoms with Gasteiger partial charge in [-0.05, 0) is 25.5 Å². The Kier molecular flexibility index (Phi) is 7.87. The second-order valence-corrected chi connectivity index (χ2v) is 5.69.